The van der Waals surface area contributed by atoms with Crippen LogP contribution in [0.2, 0.25) is 0 Å². The maximum Gasteiger partial charge on any atom is 0.387 e. The van der Waals surface area contributed by atoms with Crippen LogP contribution in [0.5, 0.6) is 5.75 Å². The minimum absolute atomic E-state index is 0.127. The second kappa shape index (κ2) is 6.35. The summed E-state index contributed by atoms with van der Waals surface area (Å²) in [6.45, 7) is 2.79. The van der Waals surface area contributed by atoms with E-state index in [1.54, 1.807) is 31.2 Å². The van der Waals surface area contributed by atoms with E-state index in [2.05, 4.69) is 27.2 Å². The highest BCUT2D eigenvalue weighted by atomic mass is 79.9. The molecule has 0 aliphatic carbocycles. The van der Waals surface area contributed by atoms with Crippen molar-refractivity contribution in [3.63, 3.8) is 0 Å². The molecular weight excluding hydrogens is 345 g/mol. The lowest BCUT2D eigenvalue weighted by Gasteiger charge is -2.12. The standard InChI is InChI=1S/C16H12BrF3O/c1-9-7-11(4-6-15(9)21-16(19)20)10(2)12-3-5-14(18)13(17)8-12/h3-8,16H,2H2,1H3. The molecule has 1 nitrogen and oxygen atoms in total. The molecule has 0 aliphatic heterocycles. The topological polar surface area (TPSA) is 9.23 Å². The summed E-state index contributed by atoms with van der Waals surface area (Å²) in [5.74, 6) is -0.231. The third kappa shape index (κ3) is 3.67. The van der Waals surface area contributed by atoms with Crippen molar-refractivity contribution in [2.24, 2.45) is 0 Å². The molecule has 110 valence electrons. The summed E-state index contributed by atoms with van der Waals surface area (Å²) in [6.07, 6.45) is 0. The molecule has 2 aromatic carbocycles. The van der Waals surface area contributed by atoms with E-state index in [0.29, 0.717) is 15.6 Å². The highest BCUT2D eigenvalue weighted by Crippen LogP contribution is 2.29. The highest BCUT2D eigenvalue weighted by Gasteiger charge is 2.10. The van der Waals surface area contributed by atoms with Gasteiger partial charge in [0.2, 0.25) is 0 Å². The molecule has 0 atom stereocenters. The van der Waals surface area contributed by atoms with Crippen LogP contribution in [0.4, 0.5) is 13.2 Å². The Hall–Kier alpha value is -1.75. The maximum absolute atomic E-state index is 13.2. The van der Waals surface area contributed by atoms with Gasteiger partial charge in [-0.1, -0.05) is 18.7 Å². The molecule has 21 heavy (non-hydrogen) atoms. The molecular formula is C16H12BrF3O. The molecule has 2 aromatic rings. The van der Waals surface area contributed by atoms with Gasteiger partial charge in [-0.3, -0.25) is 0 Å². The Bertz CT molecular complexity index is 683. The summed E-state index contributed by atoms with van der Waals surface area (Å²) < 4.78 is 42.4. The molecule has 0 bridgehead atoms. The van der Waals surface area contributed by atoms with Crippen molar-refractivity contribution in [2.45, 2.75) is 13.5 Å². The molecule has 0 heterocycles. The van der Waals surface area contributed by atoms with Gasteiger partial charge in [-0.15, -0.1) is 0 Å². The van der Waals surface area contributed by atoms with E-state index in [1.807, 2.05) is 0 Å². The number of alkyl halides is 2. The number of halogens is 4. The van der Waals surface area contributed by atoms with Gasteiger partial charge in [0.1, 0.15) is 11.6 Å². The van der Waals surface area contributed by atoms with Gasteiger partial charge in [-0.25, -0.2) is 4.39 Å². The van der Waals surface area contributed by atoms with Crippen LogP contribution in [-0.2, 0) is 0 Å². The number of benzene rings is 2. The number of aryl methyl sites for hydroxylation is 1. The Kier molecular flexibility index (Phi) is 4.73. The van der Waals surface area contributed by atoms with Gasteiger partial charge in [0.25, 0.3) is 0 Å². The van der Waals surface area contributed by atoms with Crippen LogP contribution in [0, 0.1) is 12.7 Å². The van der Waals surface area contributed by atoms with Crippen molar-refractivity contribution < 1.29 is 17.9 Å². The van der Waals surface area contributed by atoms with Crippen LogP contribution in [0.1, 0.15) is 16.7 Å². The molecule has 5 heteroatoms. The van der Waals surface area contributed by atoms with Crippen molar-refractivity contribution in [3.8, 4) is 5.75 Å². The van der Waals surface area contributed by atoms with Crippen LogP contribution in [-0.4, -0.2) is 6.61 Å². The molecule has 0 saturated heterocycles. The molecule has 0 unspecified atom stereocenters. The first-order chi connectivity index (χ1) is 9.88. The summed E-state index contributed by atoms with van der Waals surface area (Å²) in [5.41, 5.74) is 2.75. The lowest BCUT2D eigenvalue weighted by Crippen LogP contribution is -2.03. The van der Waals surface area contributed by atoms with Gasteiger partial charge in [0.15, 0.2) is 0 Å². The van der Waals surface area contributed by atoms with E-state index in [1.165, 1.54) is 12.1 Å². The first kappa shape index (κ1) is 15.6. The molecule has 2 rings (SSSR count). The average Bonchev–Trinajstić information content (AvgIpc) is 2.43. The SMILES string of the molecule is C=C(c1ccc(OC(F)F)c(C)c1)c1ccc(F)c(Br)c1. The Morgan fingerprint density at radius 2 is 1.76 bits per heavy atom. The van der Waals surface area contributed by atoms with E-state index >= 15 is 0 Å². The zero-order valence-electron chi connectivity index (χ0n) is 11.2. The fourth-order valence-electron chi connectivity index (χ4n) is 1.92. The van der Waals surface area contributed by atoms with Crippen LogP contribution in [0.25, 0.3) is 5.57 Å². The molecule has 0 aromatic heterocycles. The molecule has 0 saturated carbocycles. The minimum Gasteiger partial charge on any atom is -0.435 e. The van der Waals surface area contributed by atoms with Gasteiger partial charge >= 0.3 is 6.61 Å². The average molecular weight is 357 g/mol. The van der Waals surface area contributed by atoms with Gasteiger partial charge in [0, 0.05) is 0 Å². The van der Waals surface area contributed by atoms with E-state index in [0.717, 1.165) is 11.1 Å². The highest BCUT2D eigenvalue weighted by molar-refractivity contribution is 9.10. The zero-order valence-corrected chi connectivity index (χ0v) is 12.8. The number of rotatable bonds is 4. The first-order valence-electron chi connectivity index (χ1n) is 6.08. The van der Waals surface area contributed by atoms with Crippen molar-refractivity contribution in [3.05, 3.63) is 70.0 Å². The smallest absolute Gasteiger partial charge is 0.387 e. The summed E-state index contributed by atoms with van der Waals surface area (Å²) in [5, 5.41) is 0. The lowest BCUT2D eigenvalue weighted by molar-refractivity contribution is -0.0502. The van der Waals surface area contributed by atoms with Crippen molar-refractivity contribution in [1.29, 1.82) is 0 Å². The van der Waals surface area contributed by atoms with Gasteiger partial charge in [-0.2, -0.15) is 8.78 Å². The Morgan fingerprint density at radius 1 is 1.14 bits per heavy atom. The molecule has 0 spiro atoms. The van der Waals surface area contributed by atoms with Gasteiger partial charge in [-0.05, 0) is 69.4 Å². The molecule has 0 amide bonds. The van der Waals surface area contributed by atoms with Crippen molar-refractivity contribution in [1.82, 2.24) is 0 Å². The van der Waals surface area contributed by atoms with E-state index < -0.39 is 6.61 Å². The monoisotopic (exact) mass is 356 g/mol. The van der Waals surface area contributed by atoms with Crippen LogP contribution < -0.4 is 4.74 Å². The van der Waals surface area contributed by atoms with Crippen LogP contribution in [0.15, 0.2) is 47.4 Å². The van der Waals surface area contributed by atoms with Crippen molar-refractivity contribution in [2.75, 3.05) is 0 Å². The van der Waals surface area contributed by atoms with Crippen LogP contribution in [0.3, 0.4) is 0 Å². The number of hydrogen-bond donors (Lipinski definition) is 0. The fraction of sp³-hybridized carbons (Fsp3) is 0.125. The molecule has 0 fully saturated rings. The zero-order chi connectivity index (χ0) is 15.6. The Balaban J connectivity index is 2.31. The summed E-state index contributed by atoms with van der Waals surface area (Å²) in [7, 11) is 0. The van der Waals surface area contributed by atoms with Gasteiger partial charge < -0.3 is 4.74 Å². The van der Waals surface area contributed by atoms with Crippen LogP contribution >= 0.6 is 15.9 Å². The summed E-state index contributed by atoms with van der Waals surface area (Å²) >= 11 is 3.12. The first-order valence-corrected chi connectivity index (χ1v) is 6.88. The molecule has 0 aliphatic rings. The van der Waals surface area contributed by atoms with Crippen molar-refractivity contribution >= 4 is 21.5 Å². The minimum atomic E-state index is -2.86. The lowest BCUT2D eigenvalue weighted by atomic mass is 9.98. The van der Waals surface area contributed by atoms with E-state index in [9.17, 15) is 13.2 Å². The van der Waals surface area contributed by atoms with Gasteiger partial charge in [0.05, 0.1) is 4.47 Å². The maximum atomic E-state index is 13.2. The van der Waals surface area contributed by atoms with E-state index in [-0.39, 0.29) is 11.6 Å². The number of ether oxygens (including phenoxy) is 1. The third-order valence-corrected chi connectivity index (χ3v) is 3.62. The molecule has 0 N–H and O–H groups in total. The largest absolute Gasteiger partial charge is 0.435 e. The summed E-state index contributed by atoms with van der Waals surface area (Å²) in [6, 6.07) is 9.39. The predicted octanol–water partition coefficient (Wildman–Crippen LogP) is 5.56. The Morgan fingerprint density at radius 3 is 2.33 bits per heavy atom. The second-order valence-electron chi connectivity index (χ2n) is 4.47. The van der Waals surface area contributed by atoms with E-state index in [4.69, 9.17) is 0 Å². The predicted molar refractivity (Wildman–Crippen MR) is 80.0 cm³/mol. The second-order valence-corrected chi connectivity index (χ2v) is 5.32. The summed E-state index contributed by atoms with van der Waals surface area (Å²) in [4.78, 5) is 0. The normalized spacial score (nSPS) is 10.8. The third-order valence-electron chi connectivity index (χ3n) is 3.01. The fourth-order valence-corrected chi connectivity index (χ4v) is 2.29. The molecule has 0 radical (unpaired) electrons. The quantitative estimate of drug-likeness (QED) is 0.696. The Labute approximate surface area is 129 Å². The number of hydrogen-bond acceptors (Lipinski definition) is 1.